The second kappa shape index (κ2) is 6.64. The molecule has 2 atom stereocenters. The average Bonchev–Trinajstić information content (AvgIpc) is 3.13. The van der Waals surface area contributed by atoms with Crippen molar-refractivity contribution in [3.05, 3.63) is 48.4 Å². The molecule has 2 unspecified atom stereocenters. The highest BCUT2D eigenvalue weighted by Gasteiger charge is 2.33. The molecule has 0 bridgehead atoms. The van der Waals surface area contributed by atoms with Gasteiger partial charge in [-0.1, -0.05) is 47.6 Å². The molecule has 1 aromatic heterocycles. The molecule has 2 aliphatic rings. The number of morpholine rings is 1. The maximum atomic E-state index is 5.68. The Labute approximate surface area is 135 Å². The first kappa shape index (κ1) is 14.6. The Balaban J connectivity index is 1.59. The molecule has 4 rings (SSSR count). The van der Waals surface area contributed by atoms with E-state index in [0.29, 0.717) is 24.4 Å². The fourth-order valence-corrected chi connectivity index (χ4v) is 3.37. The number of aromatic nitrogens is 2. The van der Waals surface area contributed by atoms with Crippen LogP contribution in [0.4, 0.5) is 0 Å². The maximum absolute atomic E-state index is 5.68. The summed E-state index contributed by atoms with van der Waals surface area (Å²) in [6.07, 6.45) is 8.21. The van der Waals surface area contributed by atoms with E-state index in [4.69, 9.17) is 9.26 Å². The van der Waals surface area contributed by atoms with Crippen LogP contribution in [0.1, 0.15) is 31.2 Å². The number of rotatable bonds is 3. The zero-order valence-electron chi connectivity index (χ0n) is 13.1. The van der Waals surface area contributed by atoms with Crippen LogP contribution in [-0.2, 0) is 4.74 Å². The number of hydrogen-bond acceptors (Lipinski definition) is 5. The Morgan fingerprint density at radius 2 is 2.09 bits per heavy atom. The summed E-state index contributed by atoms with van der Waals surface area (Å²) < 4.78 is 11.3. The Morgan fingerprint density at radius 3 is 2.91 bits per heavy atom. The minimum atomic E-state index is 0.0430. The van der Waals surface area contributed by atoms with Crippen molar-refractivity contribution in [2.45, 2.75) is 31.3 Å². The van der Waals surface area contributed by atoms with Gasteiger partial charge in [-0.05, 0) is 19.3 Å². The van der Waals surface area contributed by atoms with Crippen molar-refractivity contribution in [3.63, 3.8) is 0 Å². The summed E-state index contributed by atoms with van der Waals surface area (Å²) in [4.78, 5) is 7.07. The Bertz CT molecular complexity index is 668. The molecule has 23 heavy (non-hydrogen) atoms. The summed E-state index contributed by atoms with van der Waals surface area (Å²) in [5.74, 6) is 1.30. The molecule has 5 nitrogen and oxygen atoms in total. The zero-order chi connectivity index (χ0) is 15.5. The molecule has 2 heterocycles. The highest BCUT2D eigenvalue weighted by atomic mass is 16.5. The molecule has 0 N–H and O–H groups in total. The standard InChI is InChI=1S/C18H21N3O2/c1-3-7-14(8-4-1)17-19-18(23-20-17)16-13-22-12-11-21(16)15-9-5-2-6-10-15/h1,3-5,7-9,15-16H,2,6,10-13H2. The molecule has 2 aromatic rings. The number of nitrogens with zero attached hydrogens (tertiary/aromatic N) is 3. The van der Waals surface area contributed by atoms with Crippen LogP contribution in [0.2, 0.25) is 0 Å². The highest BCUT2D eigenvalue weighted by Crippen LogP contribution is 2.30. The van der Waals surface area contributed by atoms with Crippen molar-refractivity contribution in [1.82, 2.24) is 15.0 Å². The normalized spacial score (nSPS) is 25.6. The van der Waals surface area contributed by atoms with Gasteiger partial charge in [0.1, 0.15) is 6.04 Å². The van der Waals surface area contributed by atoms with E-state index < -0.39 is 0 Å². The lowest BCUT2D eigenvalue weighted by molar-refractivity contribution is -0.0346. The van der Waals surface area contributed by atoms with Crippen molar-refractivity contribution in [1.29, 1.82) is 0 Å². The van der Waals surface area contributed by atoms with Crippen LogP contribution >= 0.6 is 0 Å². The molecule has 120 valence electrons. The van der Waals surface area contributed by atoms with Crippen LogP contribution in [0.25, 0.3) is 11.4 Å². The first-order valence-electron chi connectivity index (χ1n) is 8.31. The quantitative estimate of drug-likeness (QED) is 0.815. The average molecular weight is 311 g/mol. The topological polar surface area (TPSA) is 51.4 Å². The van der Waals surface area contributed by atoms with Gasteiger partial charge in [0.15, 0.2) is 0 Å². The summed E-state index contributed by atoms with van der Waals surface area (Å²) in [7, 11) is 0. The van der Waals surface area contributed by atoms with E-state index in [9.17, 15) is 0 Å². The van der Waals surface area contributed by atoms with Crippen LogP contribution in [0.3, 0.4) is 0 Å². The van der Waals surface area contributed by atoms with Gasteiger partial charge in [0.05, 0.1) is 13.2 Å². The fourth-order valence-electron chi connectivity index (χ4n) is 3.37. The van der Waals surface area contributed by atoms with Crippen LogP contribution < -0.4 is 0 Å². The van der Waals surface area contributed by atoms with Gasteiger partial charge in [0.25, 0.3) is 0 Å². The highest BCUT2D eigenvalue weighted by molar-refractivity contribution is 5.53. The van der Waals surface area contributed by atoms with Crippen molar-refractivity contribution in [2.24, 2.45) is 0 Å². The van der Waals surface area contributed by atoms with Crippen molar-refractivity contribution in [2.75, 3.05) is 19.8 Å². The van der Waals surface area contributed by atoms with Gasteiger partial charge < -0.3 is 9.26 Å². The lowest BCUT2D eigenvalue weighted by Crippen LogP contribution is -2.45. The molecule has 0 saturated carbocycles. The minimum Gasteiger partial charge on any atom is -0.378 e. The van der Waals surface area contributed by atoms with Crippen molar-refractivity contribution < 1.29 is 9.26 Å². The van der Waals surface area contributed by atoms with Gasteiger partial charge >= 0.3 is 0 Å². The van der Waals surface area contributed by atoms with Crippen LogP contribution in [0.15, 0.2) is 47.0 Å². The molecule has 0 amide bonds. The van der Waals surface area contributed by atoms with Gasteiger partial charge in [0.2, 0.25) is 11.7 Å². The van der Waals surface area contributed by atoms with Crippen LogP contribution in [0, 0.1) is 0 Å². The van der Waals surface area contributed by atoms with Gasteiger partial charge in [-0.3, -0.25) is 4.90 Å². The number of benzene rings is 1. The van der Waals surface area contributed by atoms with Crippen LogP contribution in [0.5, 0.6) is 0 Å². The Hall–Kier alpha value is -1.98. The summed E-state index contributed by atoms with van der Waals surface area (Å²) in [5, 5.41) is 4.15. The molecule has 0 spiro atoms. The zero-order valence-corrected chi connectivity index (χ0v) is 13.1. The molecule has 0 radical (unpaired) electrons. The predicted octanol–water partition coefficient (Wildman–Crippen LogP) is 3.22. The van der Waals surface area contributed by atoms with E-state index in [2.05, 4.69) is 27.2 Å². The fraction of sp³-hybridized carbons (Fsp3) is 0.444. The molecular formula is C18H21N3O2. The summed E-state index contributed by atoms with van der Waals surface area (Å²) in [6.45, 7) is 2.28. The van der Waals surface area contributed by atoms with E-state index in [1.165, 1.54) is 19.3 Å². The first-order valence-corrected chi connectivity index (χ1v) is 8.31. The summed E-state index contributed by atoms with van der Waals surface area (Å²) >= 11 is 0. The first-order chi connectivity index (χ1) is 11.4. The minimum absolute atomic E-state index is 0.0430. The largest absolute Gasteiger partial charge is 0.378 e. The molecule has 5 heteroatoms. The number of hydrogen-bond donors (Lipinski definition) is 0. The Morgan fingerprint density at radius 1 is 1.17 bits per heavy atom. The van der Waals surface area contributed by atoms with Gasteiger partial charge in [-0.25, -0.2) is 0 Å². The third-order valence-corrected chi connectivity index (χ3v) is 4.58. The second-order valence-electron chi connectivity index (χ2n) is 6.08. The van der Waals surface area contributed by atoms with E-state index in [-0.39, 0.29) is 6.04 Å². The molecule has 1 aromatic carbocycles. The molecule has 1 saturated heterocycles. The SMILES string of the molecule is C1=CC(N2CCOCC2c2nc(-c3ccccc3)no2)CCC1. The van der Waals surface area contributed by atoms with Crippen molar-refractivity contribution in [3.8, 4) is 11.4 Å². The van der Waals surface area contributed by atoms with Gasteiger partial charge in [0, 0.05) is 18.2 Å². The predicted molar refractivity (Wildman–Crippen MR) is 86.8 cm³/mol. The summed E-state index contributed by atoms with van der Waals surface area (Å²) in [5.41, 5.74) is 0.975. The monoisotopic (exact) mass is 311 g/mol. The van der Waals surface area contributed by atoms with Crippen LogP contribution in [-0.4, -0.2) is 40.8 Å². The second-order valence-corrected chi connectivity index (χ2v) is 6.08. The summed E-state index contributed by atoms with van der Waals surface area (Å²) in [6, 6.07) is 10.4. The third-order valence-electron chi connectivity index (χ3n) is 4.58. The molecular weight excluding hydrogens is 290 g/mol. The van der Waals surface area contributed by atoms with E-state index in [1.54, 1.807) is 0 Å². The third kappa shape index (κ3) is 3.07. The van der Waals surface area contributed by atoms with Crippen molar-refractivity contribution >= 4 is 0 Å². The van der Waals surface area contributed by atoms with Gasteiger partial charge in [-0.15, -0.1) is 0 Å². The molecule has 1 aliphatic heterocycles. The van der Waals surface area contributed by atoms with Gasteiger partial charge in [-0.2, -0.15) is 4.98 Å². The van der Waals surface area contributed by atoms with E-state index in [1.807, 2.05) is 30.3 Å². The number of allylic oxidation sites excluding steroid dienone is 1. The smallest absolute Gasteiger partial charge is 0.246 e. The lowest BCUT2D eigenvalue weighted by Gasteiger charge is -2.39. The molecule has 1 aliphatic carbocycles. The molecule has 1 fully saturated rings. The Kier molecular flexibility index (Phi) is 4.22. The maximum Gasteiger partial charge on any atom is 0.246 e. The van der Waals surface area contributed by atoms with E-state index in [0.717, 1.165) is 18.7 Å². The lowest BCUT2D eigenvalue weighted by atomic mass is 9.99. The van der Waals surface area contributed by atoms with E-state index >= 15 is 0 Å². The number of ether oxygens (including phenoxy) is 1.